The first-order valence-electron chi connectivity index (χ1n) is 5.99. The zero-order chi connectivity index (χ0) is 12.4. The molecule has 1 atom stereocenters. The molecule has 1 saturated heterocycles. The SMILES string of the molecule is COc1ccc(C(C)C)cc1C1CCC(=O)O1. The highest BCUT2D eigenvalue weighted by Gasteiger charge is 2.27. The normalized spacial score (nSPS) is 19.5. The Morgan fingerprint density at radius 2 is 2.18 bits per heavy atom. The maximum absolute atomic E-state index is 11.2. The van der Waals surface area contributed by atoms with Crippen molar-refractivity contribution in [3.05, 3.63) is 29.3 Å². The summed E-state index contributed by atoms with van der Waals surface area (Å²) in [6.45, 7) is 4.29. The van der Waals surface area contributed by atoms with Crippen molar-refractivity contribution >= 4 is 5.97 Å². The molecule has 1 aliphatic heterocycles. The molecule has 3 nitrogen and oxygen atoms in total. The van der Waals surface area contributed by atoms with E-state index >= 15 is 0 Å². The largest absolute Gasteiger partial charge is 0.496 e. The van der Waals surface area contributed by atoms with Crippen LogP contribution in [0.3, 0.4) is 0 Å². The van der Waals surface area contributed by atoms with E-state index in [1.807, 2.05) is 6.07 Å². The molecule has 1 heterocycles. The van der Waals surface area contributed by atoms with Gasteiger partial charge in [-0.3, -0.25) is 4.79 Å². The summed E-state index contributed by atoms with van der Waals surface area (Å²) < 4.78 is 10.6. The lowest BCUT2D eigenvalue weighted by Gasteiger charge is -2.16. The zero-order valence-corrected chi connectivity index (χ0v) is 10.5. The first-order valence-corrected chi connectivity index (χ1v) is 5.99. The molecule has 0 saturated carbocycles. The monoisotopic (exact) mass is 234 g/mol. The lowest BCUT2D eigenvalue weighted by atomic mass is 9.97. The van der Waals surface area contributed by atoms with E-state index in [4.69, 9.17) is 9.47 Å². The van der Waals surface area contributed by atoms with Crippen molar-refractivity contribution in [3.8, 4) is 5.75 Å². The highest BCUT2D eigenvalue weighted by atomic mass is 16.6. The second-order valence-electron chi connectivity index (χ2n) is 4.67. The molecule has 0 amide bonds. The number of rotatable bonds is 3. The fourth-order valence-electron chi connectivity index (χ4n) is 2.11. The van der Waals surface area contributed by atoms with E-state index in [0.29, 0.717) is 12.3 Å². The Bertz CT molecular complexity index is 423. The number of cyclic esters (lactones) is 1. The minimum absolute atomic E-state index is 0.119. The Morgan fingerprint density at radius 3 is 2.71 bits per heavy atom. The van der Waals surface area contributed by atoms with Gasteiger partial charge in [0, 0.05) is 12.0 Å². The Labute approximate surface area is 102 Å². The third kappa shape index (κ3) is 2.43. The molecule has 1 unspecified atom stereocenters. The van der Waals surface area contributed by atoms with Gasteiger partial charge in [0.25, 0.3) is 0 Å². The smallest absolute Gasteiger partial charge is 0.306 e. The molecular formula is C14H18O3. The van der Waals surface area contributed by atoms with Crippen LogP contribution in [-0.4, -0.2) is 13.1 Å². The summed E-state index contributed by atoms with van der Waals surface area (Å²) in [6, 6.07) is 6.10. The third-order valence-corrected chi connectivity index (χ3v) is 3.15. The molecule has 0 bridgehead atoms. The van der Waals surface area contributed by atoms with Gasteiger partial charge in [-0.05, 0) is 30.0 Å². The number of carbonyl (C=O) groups excluding carboxylic acids is 1. The molecule has 0 spiro atoms. The summed E-state index contributed by atoms with van der Waals surface area (Å²) in [7, 11) is 1.64. The zero-order valence-electron chi connectivity index (χ0n) is 10.5. The number of hydrogen-bond acceptors (Lipinski definition) is 3. The molecule has 1 aromatic carbocycles. The number of hydrogen-bond donors (Lipinski definition) is 0. The Balaban J connectivity index is 2.35. The van der Waals surface area contributed by atoms with Crippen LogP contribution in [-0.2, 0) is 9.53 Å². The Hall–Kier alpha value is -1.51. The van der Waals surface area contributed by atoms with E-state index in [0.717, 1.165) is 17.7 Å². The van der Waals surface area contributed by atoms with Gasteiger partial charge in [-0.15, -0.1) is 0 Å². The highest BCUT2D eigenvalue weighted by Crippen LogP contribution is 2.36. The second-order valence-corrected chi connectivity index (χ2v) is 4.67. The highest BCUT2D eigenvalue weighted by molar-refractivity contribution is 5.72. The van der Waals surface area contributed by atoms with Crippen LogP contribution in [0.25, 0.3) is 0 Å². The van der Waals surface area contributed by atoms with E-state index < -0.39 is 0 Å². The standard InChI is InChI=1S/C14H18O3/c1-9(2)10-4-5-12(16-3)11(8-10)13-6-7-14(15)17-13/h4-5,8-9,13H,6-7H2,1-3H3. The van der Waals surface area contributed by atoms with Gasteiger partial charge in [-0.1, -0.05) is 19.9 Å². The van der Waals surface area contributed by atoms with Crippen molar-refractivity contribution in [3.63, 3.8) is 0 Å². The van der Waals surface area contributed by atoms with Gasteiger partial charge in [-0.2, -0.15) is 0 Å². The summed E-state index contributed by atoms with van der Waals surface area (Å²) in [5.74, 6) is 1.14. The van der Waals surface area contributed by atoms with Crippen LogP contribution in [0.2, 0.25) is 0 Å². The van der Waals surface area contributed by atoms with E-state index in [-0.39, 0.29) is 12.1 Å². The van der Waals surface area contributed by atoms with Gasteiger partial charge in [0.05, 0.1) is 7.11 Å². The molecule has 0 radical (unpaired) electrons. The number of ether oxygens (including phenoxy) is 2. The summed E-state index contributed by atoms with van der Waals surface area (Å²) in [6.07, 6.45) is 1.10. The number of esters is 1. The summed E-state index contributed by atoms with van der Waals surface area (Å²) in [5.41, 5.74) is 2.23. The first kappa shape index (κ1) is 12.0. The van der Waals surface area contributed by atoms with Gasteiger partial charge in [-0.25, -0.2) is 0 Å². The van der Waals surface area contributed by atoms with Crippen molar-refractivity contribution < 1.29 is 14.3 Å². The molecule has 0 aromatic heterocycles. The van der Waals surface area contributed by atoms with Gasteiger partial charge in [0.2, 0.25) is 0 Å². The minimum atomic E-state index is -0.142. The van der Waals surface area contributed by atoms with Gasteiger partial charge in [0.15, 0.2) is 0 Å². The van der Waals surface area contributed by atoms with Crippen LogP contribution < -0.4 is 4.74 Å². The minimum Gasteiger partial charge on any atom is -0.496 e. The maximum atomic E-state index is 11.2. The van der Waals surface area contributed by atoms with Crippen molar-refractivity contribution in [1.29, 1.82) is 0 Å². The van der Waals surface area contributed by atoms with E-state index in [1.165, 1.54) is 5.56 Å². The molecule has 3 heteroatoms. The molecule has 17 heavy (non-hydrogen) atoms. The van der Waals surface area contributed by atoms with Gasteiger partial charge in [0.1, 0.15) is 11.9 Å². The lowest BCUT2D eigenvalue weighted by Crippen LogP contribution is -2.03. The summed E-state index contributed by atoms with van der Waals surface area (Å²) >= 11 is 0. The fourth-order valence-corrected chi connectivity index (χ4v) is 2.11. The van der Waals surface area contributed by atoms with E-state index in [9.17, 15) is 4.79 Å². The predicted octanol–water partition coefficient (Wildman–Crippen LogP) is 3.20. The van der Waals surface area contributed by atoms with Crippen molar-refractivity contribution in [1.82, 2.24) is 0 Å². The summed E-state index contributed by atoms with van der Waals surface area (Å²) in [4.78, 5) is 11.2. The van der Waals surface area contributed by atoms with Crippen LogP contribution in [0.15, 0.2) is 18.2 Å². The van der Waals surface area contributed by atoms with Crippen molar-refractivity contribution in [2.75, 3.05) is 7.11 Å². The molecule has 1 fully saturated rings. The topological polar surface area (TPSA) is 35.5 Å². The molecule has 1 aliphatic rings. The molecular weight excluding hydrogens is 216 g/mol. The van der Waals surface area contributed by atoms with Gasteiger partial charge < -0.3 is 9.47 Å². The predicted molar refractivity (Wildman–Crippen MR) is 65.2 cm³/mol. The first-order chi connectivity index (χ1) is 8.11. The average molecular weight is 234 g/mol. The van der Waals surface area contributed by atoms with Crippen molar-refractivity contribution in [2.45, 2.75) is 38.7 Å². The number of methoxy groups -OCH3 is 1. The van der Waals surface area contributed by atoms with Crippen LogP contribution in [0.4, 0.5) is 0 Å². The molecule has 92 valence electrons. The maximum Gasteiger partial charge on any atom is 0.306 e. The number of carbonyl (C=O) groups is 1. The van der Waals surface area contributed by atoms with E-state index in [2.05, 4.69) is 26.0 Å². The quantitative estimate of drug-likeness (QED) is 0.753. The number of benzene rings is 1. The lowest BCUT2D eigenvalue weighted by molar-refractivity contribution is -0.141. The third-order valence-electron chi connectivity index (χ3n) is 3.15. The molecule has 0 aliphatic carbocycles. The summed E-state index contributed by atoms with van der Waals surface area (Å²) in [5, 5.41) is 0. The van der Waals surface area contributed by atoms with Gasteiger partial charge >= 0.3 is 5.97 Å². The Morgan fingerprint density at radius 1 is 1.41 bits per heavy atom. The molecule has 1 aromatic rings. The van der Waals surface area contributed by atoms with Crippen molar-refractivity contribution in [2.24, 2.45) is 0 Å². The molecule has 2 rings (SSSR count). The fraction of sp³-hybridized carbons (Fsp3) is 0.500. The van der Waals surface area contributed by atoms with Crippen LogP contribution in [0.1, 0.15) is 49.8 Å². The van der Waals surface area contributed by atoms with Crippen LogP contribution in [0.5, 0.6) is 5.75 Å². The van der Waals surface area contributed by atoms with Crippen LogP contribution >= 0.6 is 0 Å². The Kier molecular flexibility index (Phi) is 3.36. The van der Waals surface area contributed by atoms with Crippen LogP contribution in [0, 0.1) is 0 Å². The second kappa shape index (κ2) is 4.78. The molecule has 0 N–H and O–H groups in total. The average Bonchev–Trinajstić information content (AvgIpc) is 2.74. The van der Waals surface area contributed by atoms with E-state index in [1.54, 1.807) is 7.11 Å².